The molecule has 0 unspecified atom stereocenters. The number of Topliss-reactive ketones (excluding diaryl/α,β-unsaturated/α-hetero) is 1. The molecule has 1 amide bonds. The molecule has 2 aromatic rings. The second kappa shape index (κ2) is 8.91. The second-order valence-electron chi connectivity index (χ2n) is 5.23. The Morgan fingerprint density at radius 2 is 1.58 bits per heavy atom. The minimum Gasteiger partial charge on any atom is -0.465 e. The predicted molar refractivity (Wildman–Crippen MR) is 95.6 cm³/mol. The van der Waals surface area contributed by atoms with Crippen LogP contribution in [0.15, 0.2) is 35.7 Å². The lowest BCUT2D eigenvalue weighted by atomic mass is 10.1. The van der Waals surface area contributed by atoms with Crippen molar-refractivity contribution in [1.82, 2.24) is 0 Å². The Hall–Kier alpha value is -3.00. The second-order valence-corrected chi connectivity index (χ2v) is 6.18. The first-order chi connectivity index (χ1) is 12.4. The van der Waals surface area contributed by atoms with Crippen molar-refractivity contribution < 1.29 is 28.7 Å². The highest BCUT2D eigenvalue weighted by Gasteiger charge is 2.16. The van der Waals surface area contributed by atoms with Crippen LogP contribution in [0.25, 0.3) is 0 Å². The van der Waals surface area contributed by atoms with E-state index >= 15 is 0 Å². The normalized spacial score (nSPS) is 10.1. The lowest BCUT2D eigenvalue weighted by Crippen LogP contribution is -2.15. The van der Waals surface area contributed by atoms with Gasteiger partial charge in [-0.1, -0.05) is 6.07 Å². The van der Waals surface area contributed by atoms with Gasteiger partial charge in [-0.05, 0) is 29.6 Å². The van der Waals surface area contributed by atoms with Gasteiger partial charge in [0.2, 0.25) is 5.91 Å². The average molecular weight is 375 g/mol. The maximum absolute atomic E-state index is 12.1. The fourth-order valence-corrected chi connectivity index (χ4v) is 2.88. The molecule has 8 heteroatoms. The van der Waals surface area contributed by atoms with Crippen LogP contribution < -0.4 is 5.32 Å². The Balaban J connectivity index is 2.09. The maximum atomic E-state index is 12.1. The summed E-state index contributed by atoms with van der Waals surface area (Å²) in [5, 5.41) is 4.37. The maximum Gasteiger partial charge on any atom is 0.337 e. The van der Waals surface area contributed by atoms with Crippen molar-refractivity contribution in [1.29, 1.82) is 0 Å². The van der Waals surface area contributed by atoms with Gasteiger partial charge in [0.15, 0.2) is 5.78 Å². The van der Waals surface area contributed by atoms with E-state index in [0.29, 0.717) is 4.88 Å². The van der Waals surface area contributed by atoms with Crippen LogP contribution >= 0.6 is 11.3 Å². The van der Waals surface area contributed by atoms with Crippen molar-refractivity contribution in [2.24, 2.45) is 0 Å². The van der Waals surface area contributed by atoms with E-state index in [1.54, 1.807) is 17.5 Å². The molecule has 1 heterocycles. The van der Waals surface area contributed by atoms with Gasteiger partial charge in [-0.2, -0.15) is 0 Å². The van der Waals surface area contributed by atoms with E-state index in [2.05, 4.69) is 14.8 Å². The van der Waals surface area contributed by atoms with Crippen LogP contribution in [-0.2, 0) is 14.3 Å². The first-order valence-corrected chi connectivity index (χ1v) is 8.51. The number of amides is 1. The first kappa shape index (κ1) is 19.3. The summed E-state index contributed by atoms with van der Waals surface area (Å²) in [5.41, 5.74) is 0.433. The van der Waals surface area contributed by atoms with Crippen LogP contribution in [0.3, 0.4) is 0 Å². The van der Waals surface area contributed by atoms with Crippen molar-refractivity contribution >= 4 is 40.7 Å². The minimum absolute atomic E-state index is 0.0211. The number of rotatable bonds is 7. The molecule has 0 fully saturated rings. The van der Waals surface area contributed by atoms with Gasteiger partial charge in [0.25, 0.3) is 0 Å². The summed E-state index contributed by atoms with van der Waals surface area (Å²) >= 11 is 1.32. The van der Waals surface area contributed by atoms with Gasteiger partial charge in [0.1, 0.15) is 0 Å². The molecule has 136 valence electrons. The number of nitrogens with one attached hydrogen (secondary N) is 1. The number of methoxy groups -OCH3 is 2. The van der Waals surface area contributed by atoms with E-state index in [0.717, 1.165) is 0 Å². The first-order valence-electron chi connectivity index (χ1n) is 7.63. The van der Waals surface area contributed by atoms with E-state index < -0.39 is 17.8 Å². The molecule has 0 bridgehead atoms. The van der Waals surface area contributed by atoms with E-state index in [4.69, 9.17) is 0 Å². The van der Waals surface area contributed by atoms with Gasteiger partial charge < -0.3 is 14.8 Å². The zero-order chi connectivity index (χ0) is 19.1. The highest BCUT2D eigenvalue weighted by molar-refractivity contribution is 7.12. The molecule has 1 N–H and O–H groups in total. The monoisotopic (exact) mass is 375 g/mol. The molecule has 0 spiro atoms. The van der Waals surface area contributed by atoms with Crippen LogP contribution in [0.2, 0.25) is 0 Å². The molecule has 1 aromatic carbocycles. The Bertz CT molecular complexity index is 794. The lowest BCUT2D eigenvalue weighted by Gasteiger charge is -2.09. The Morgan fingerprint density at radius 3 is 2.08 bits per heavy atom. The molecule has 0 aliphatic heterocycles. The van der Waals surface area contributed by atoms with Crippen molar-refractivity contribution in [2.75, 3.05) is 19.5 Å². The van der Waals surface area contributed by atoms with Gasteiger partial charge in [0, 0.05) is 18.5 Å². The fourth-order valence-electron chi connectivity index (χ4n) is 2.18. The van der Waals surface area contributed by atoms with Crippen LogP contribution in [-0.4, -0.2) is 37.8 Å². The molecule has 0 saturated carbocycles. The van der Waals surface area contributed by atoms with Crippen molar-refractivity contribution in [2.45, 2.75) is 12.8 Å². The summed E-state index contributed by atoms with van der Waals surface area (Å²) in [6.45, 7) is 0. The van der Waals surface area contributed by atoms with E-state index in [1.807, 2.05) is 0 Å². The number of ketones is 1. The highest BCUT2D eigenvalue weighted by Crippen LogP contribution is 2.18. The third-order valence-electron chi connectivity index (χ3n) is 3.43. The zero-order valence-electron chi connectivity index (χ0n) is 14.2. The third-order valence-corrected chi connectivity index (χ3v) is 4.34. The average Bonchev–Trinajstić information content (AvgIpc) is 3.19. The Morgan fingerprint density at radius 1 is 0.962 bits per heavy atom. The van der Waals surface area contributed by atoms with E-state index in [9.17, 15) is 19.2 Å². The minimum atomic E-state index is -0.654. The standard InChI is InChI=1S/C18H17NO6S/c1-24-17(22)11-8-12(18(23)25-2)10-13(9-11)19-16(21)6-5-14(20)15-4-3-7-26-15/h3-4,7-10H,5-6H2,1-2H3,(H,19,21). The van der Waals surface area contributed by atoms with Crippen LogP contribution in [0.1, 0.15) is 43.2 Å². The summed E-state index contributed by atoms with van der Waals surface area (Å²) in [6.07, 6.45) is 0.0413. The molecular formula is C18H17NO6S. The SMILES string of the molecule is COC(=O)c1cc(NC(=O)CCC(=O)c2cccs2)cc(C(=O)OC)c1. The number of ether oxygens (including phenoxy) is 2. The molecule has 1 aromatic heterocycles. The highest BCUT2D eigenvalue weighted by atomic mass is 32.1. The van der Waals surface area contributed by atoms with Crippen LogP contribution in [0, 0.1) is 0 Å². The van der Waals surface area contributed by atoms with E-state index in [1.165, 1.54) is 43.8 Å². The number of carbonyl (C=O) groups is 4. The molecule has 26 heavy (non-hydrogen) atoms. The largest absolute Gasteiger partial charge is 0.465 e. The Labute approximate surface area is 153 Å². The molecule has 2 rings (SSSR count). The summed E-state index contributed by atoms with van der Waals surface area (Å²) in [6, 6.07) is 7.56. The number of esters is 2. The molecular weight excluding hydrogens is 358 g/mol. The molecule has 0 aliphatic rings. The van der Waals surface area contributed by atoms with Crippen LogP contribution in [0.5, 0.6) is 0 Å². The van der Waals surface area contributed by atoms with Gasteiger partial charge in [-0.25, -0.2) is 9.59 Å². The number of carbonyl (C=O) groups excluding carboxylic acids is 4. The smallest absolute Gasteiger partial charge is 0.337 e. The van der Waals surface area contributed by atoms with Crippen molar-refractivity contribution in [3.63, 3.8) is 0 Å². The van der Waals surface area contributed by atoms with Gasteiger partial charge >= 0.3 is 11.9 Å². The number of benzene rings is 1. The number of hydrogen-bond donors (Lipinski definition) is 1. The van der Waals surface area contributed by atoms with E-state index in [-0.39, 0.29) is 35.4 Å². The predicted octanol–water partition coefficient (Wildman–Crippen LogP) is 2.92. The topological polar surface area (TPSA) is 98.8 Å². The molecule has 0 aliphatic carbocycles. The molecule has 0 saturated heterocycles. The summed E-state index contributed by atoms with van der Waals surface area (Å²) in [4.78, 5) is 48.1. The Kier molecular flexibility index (Phi) is 6.62. The molecule has 7 nitrogen and oxygen atoms in total. The number of anilines is 1. The fraction of sp³-hybridized carbons (Fsp3) is 0.222. The summed E-state index contributed by atoms with van der Waals surface area (Å²) in [5.74, 6) is -1.83. The van der Waals surface area contributed by atoms with Crippen molar-refractivity contribution in [3.8, 4) is 0 Å². The molecule has 0 atom stereocenters. The van der Waals surface area contributed by atoms with Gasteiger partial charge in [-0.15, -0.1) is 11.3 Å². The summed E-state index contributed by atoms with van der Waals surface area (Å²) < 4.78 is 9.28. The lowest BCUT2D eigenvalue weighted by molar-refractivity contribution is -0.116. The van der Waals surface area contributed by atoms with Crippen LogP contribution in [0.4, 0.5) is 5.69 Å². The van der Waals surface area contributed by atoms with Gasteiger partial charge in [-0.3, -0.25) is 9.59 Å². The number of hydrogen-bond acceptors (Lipinski definition) is 7. The van der Waals surface area contributed by atoms with Gasteiger partial charge in [0.05, 0.1) is 30.2 Å². The zero-order valence-corrected chi connectivity index (χ0v) is 15.1. The quantitative estimate of drug-likeness (QED) is 0.590. The molecule has 0 radical (unpaired) electrons. The summed E-state index contributed by atoms with van der Waals surface area (Å²) in [7, 11) is 2.42. The van der Waals surface area contributed by atoms with Crippen molar-refractivity contribution in [3.05, 3.63) is 51.7 Å². The number of thiophene rings is 1. The third kappa shape index (κ3) is 5.00.